The molecule has 1 atom stereocenters. The van der Waals surface area contributed by atoms with Gasteiger partial charge in [-0.05, 0) is 67.1 Å². The van der Waals surface area contributed by atoms with Crippen molar-refractivity contribution in [2.24, 2.45) is 0 Å². The van der Waals surface area contributed by atoms with Gasteiger partial charge < -0.3 is 10.1 Å². The Bertz CT molecular complexity index is 778. The van der Waals surface area contributed by atoms with Crippen LogP contribution in [0.3, 0.4) is 0 Å². The van der Waals surface area contributed by atoms with Crippen molar-refractivity contribution in [3.05, 3.63) is 65.2 Å². The molecule has 2 aromatic rings. The largest absolute Gasteiger partial charge is 0.484 e. The molecule has 1 heterocycles. The lowest BCUT2D eigenvalue weighted by Gasteiger charge is -2.35. The molecule has 1 N–H and O–H groups in total. The van der Waals surface area contributed by atoms with Crippen molar-refractivity contribution >= 4 is 5.91 Å². The summed E-state index contributed by atoms with van der Waals surface area (Å²) in [5.41, 5.74) is 3.89. The Morgan fingerprint density at radius 1 is 0.967 bits per heavy atom. The van der Waals surface area contributed by atoms with E-state index in [1.165, 1.54) is 36.0 Å². The second-order valence-electron chi connectivity index (χ2n) is 8.52. The molecule has 0 radical (unpaired) electrons. The number of piperidine rings is 1. The lowest BCUT2D eigenvalue weighted by Crippen LogP contribution is -2.41. The van der Waals surface area contributed by atoms with Gasteiger partial charge in [0.2, 0.25) is 0 Å². The highest BCUT2D eigenvalue weighted by atomic mass is 16.5. The fourth-order valence-electron chi connectivity index (χ4n) is 4.02. The average molecular weight is 409 g/mol. The highest BCUT2D eigenvalue weighted by Crippen LogP contribution is 2.26. The Morgan fingerprint density at radius 2 is 1.60 bits per heavy atom. The molecule has 0 bridgehead atoms. The molecule has 0 saturated carbocycles. The molecule has 4 heteroatoms. The number of carbonyl (C=O) groups is 1. The smallest absolute Gasteiger partial charge is 0.258 e. The molecule has 3 rings (SSSR count). The van der Waals surface area contributed by atoms with E-state index in [1.54, 1.807) is 0 Å². The van der Waals surface area contributed by atoms with E-state index < -0.39 is 0 Å². The number of carbonyl (C=O) groups excluding carboxylic acids is 1. The van der Waals surface area contributed by atoms with Crippen LogP contribution in [0.25, 0.3) is 0 Å². The minimum atomic E-state index is -0.0737. The van der Waals surface area contributed by atoms with Crippen LogP contribution >= 0.6 is 0 Å². The third-order valence-electron chi connectivity index (χ3n) is 6.01. The minimum Gasteiger partial charge on any atom is -0.484 e. The number of nitrogens with one attached hydrogen (secondary N) is 1. The van der Waals surface area contributed by atoms with Gasteiger partial charge in [0.05, 0.1) is 6.04 Å². The molecule has 2 aromatic carbocycles. The van der Waals surface area contributed by atoms with Crippen LogP contribution in [0, 0.1) is 0 Å². The van der Waals surface area contributed by atoms with Gasteiger partial charge in [0.1, 0.15) is 5.75 Å². The van der Waals surface area contributed by atoms with Crippen LogP contribution in [-0.4, -0.2) is 37.0 Å². The molecule has 0 aromatic heterocycles. The van der Waals surface area contributed by atoms with Gasteiger partial charge in [-0.3, -0.25) is 9.69 Å². The van der Waals surface area contributed by atoms with E-state index in [4.69, 9.17) is 4.74 Å². The van der Waals surface area contributed by atoms with Crippen molar-refractivity contribution < 1.29 is 9.53 Å². The molecule has 30 heavy (non-hydrogen) atoms. The quantitative estimate of drug-likeness (QED) is 0.628. The normalized spacial score (nSPS) is 15.7. The van der Waals surface area contributed by atoms with Crippen LogP contribution in [0.4, 0.5) is 0 Å². The fraction of sp³-hybridized carbons (Fsp3) is 0.500. The number of hydrogen-bond donors (Lipinski definition) is 1. The standard InChI is InChI=1S/C26H36N2O2/c1-4-21-8-14-24(15-9-21)30-19-26(29)27-18-25(28-16-6-5-7-17-28)23-12-10-22(11-13-23)20(2)3/h8-15,20,25H,4-7,16-19H2,1-3H3,(H,27,29). The Labute approximate surface area is 181 Å². The number of hydrogen-bond acceptors (Lipinski definition) is 3. The lowest BCUT2D eigenvalue weighted by atomic mass is 9.97. The first-order valence-electron chi connectivity index (χ1n) is 11.4. The fourth-order valence-corrected chi connectivity index (χ4v) is 4.02. The van der Waals surface area contributed by atoms with Gasteiger partial charge in [-0.2, -0.15) is 0 Å². The molecule has 1 aliphatic rings. The summed E-state index contributed by atoms with van der Waals surface area (Å²) in [6.07, 6.45) is 4.75. The van der Waals surface area contributed by atoms with Crippen LogP contribution in [0.15, 0.2) is 48.5 Å². The summed E-state index contributed by atoms with van der Waals surface area (Å²) < 4.78 is 5.67. The molecule has 1 fully saturated rings. The summed E-state index contributed by atoms with van der Waals surface area (Å²) >= 11 is 0. The van der Waals surface area contributed by atoms with Gasteiger partial charge in [0.25, 0.3) is 5.91 Å². The Kier molecular flexibility index (Phi) is 8.32. The summed E-state index contributed by atoms with van der Waals surface area (Å²) in [6, 6.07) is 17.1. The van der Waals surface area contributed by atoms with Crippen LogP contribution in [0.1, 0.15) is 68.7 Å². The molecular weight excluding hydrogens is 372 g/mol. The van der Waals surface area contributed by atoms with Gasteiger partial charge in [-0.25, -0.2) is 0 Å². The van der Waals surface area contributed by atoms with E-state index in [0.29, 0.717) is 12.5 Å². The van der Waals surface area contributed by atoms with E-state index in [-0.39, 0.29) is 18.6 Å². The van der Waals surface area contributed by atoms with Crippen molar-refractivity contribution in [3.8, 4) is 5.75 Å². The van der Waals surface area contributed by atoms with Crippen LogP contribution < -0.4 is 10.1 Å². The van der Waals surface area contributed by atoms with Crippen molar-refractivity contribution in [2.75, 3.05) is 26.2 Å². The first-order valence-corrected chi connectivity index (χ1v) is 11.4. The molecule has 162 valence electrons. The summed E-state index contributed by atoms with van der Waals surface area (Å²) in [5, 5.41) is 3.10. The molecule has 0 spiro atoms. The zero-order valence-electron chi connectivity index (χ0n) is 18.7. The van der Waals surface area contributed by atoms with E-state index in [2.05, 4.69) is 55.3 Å². The van der Waals surface area contributed by atoms with Crippen LogP contribution in [-0.2, 0) is 11.2 Å². The third kappa shape index (κ3) is 6.33. The molecule has 1 unspecified atom stereocenters. The van der Waals surface area contributed by atoms with Gasteiger partial charge in [-0.15, -0.1) is 0 Å². The van der Waals surface area contributed by atoms with E-state index in [1.807, 2.05) is 24.3 Å². The summed E-state index contributed by atoms with van der Waals surface area (Å²) in [7, 11) is 0. The topological polar surface area (TPSA) is 41.6 Å². The maximum absolute atomic E-state index is 12.4. The number of nitrogens with zero attached hydrogens (tertiary/aromatic N) is 1. The maximum atomic E-state index is 12.4. The predicted octanol–water partition coefficient (Wildman–Crippen LogP) is 5.09. The molecule has 0 aliphatic carbocycles. The molecular formula is C26H36N2O2. The zero-order valence-corrected chi connectivity index (χ0v) is 18.7. The SMILES string of the molecule is CCc1ccc(OCC(=O)NCC(c2ccc(C(C)C)cc2)N2CCCCC2)cc1. The number of likely N-dealkylation sites (tertiary alicyclic amines) is 1. The van der Waals surface area contributed by atoms with Crippen molar-refractivity contribution in [1.82, 2.24) is 10.2 Å². The first-order chi connectivity index (χ1) is 14.6. The number of rotatable bonds is 9. The zero-order chi connectivity index (χ0) is 21.3. The second kappa shape index (κ2) is 11.2. The molecule has 1 amide bonds. The number of aryl methyl sites for hydroxylation is 1. The first kappa shape index (κ1) is 22.4. The van der Waals surface area contributed by atoms with Crippen molar-refractivity contribution in [1.29, 1.82) is 0 Å². The van der Waals surface area contributed by atoms with Crippen molar-refractivity contribution in [3.63, 3.8) is 0 Å². The highest BCUT2D eigenvalue weighted by Gasteiger charge is 2.23. The monoisotopic (exact) mass is 408 g/mol. The van der Waals surface area contributed by atoms with Crippen LogP contribution in [0.2, 0.25) is 0 Å². The Balaban J connectivity index is 1.58. The molecule has 1 aliphatic heterocycles. The van der Waals surface area contributed by atoms with E-state index in [9.17, 15) is 4.79 Å². The number of amides is 1. The van der Waals surface area contributed by atoms with Gasteiger partial charge >= 0.3 is 0 Å². The minimum absolute atomic E-state index is 0.0461. The van der Waals surface area contributed by atoms with Gasteiger partial charge in [0.15, 0.2) is 6.61 Å². The maximum Gasteiger partial charge on any atom is 0.258 e. The average Bonchev–Trinajstić information content (AvgIpc) is 2.79. The van der Waals surface area contributed by atoms with Crippen LogP contribution in [0.5, 0.6) is 5.75 Å². The van der Waals surface area contributed by atoms with E-state index in [0.717, 1.165) is 25.3 Å². The second-order valence-corrected chi connectivity index (χ2v) is 8.52. The van der Waals surface area contributed by atoms with Gasteiger partial charge in [0, 0.05) is 6.54 Å². The molecule has 1 saturated heterocycles. The Morgan fingerprint density at radius 3 is 2.20 bits per heavy atom. The van der Waals surface area contributed by atoms with Gasteiger partial charge in [-0.1, -0.05) is 63.6 Å². The molecule has 4 nitrogen and oxygen atoms in total. The predicted molar refractivity (Wildman–Crippen MR) is 123 cm³/mol. The lowest BCUT2D eigenvalue weighted by molar-refractivity contribution is -0.123. The highest BCUT2D eigenvalue weighted by molar-refractivity contribution is 5.77. The summed E-state index contributed by atoms with van der Waals surface area (Å²) in [4.78, 5) is 15.0. The number of ether oxygens (including phenoxy) is 1. The summed E-state index contributed by atoms with van der Waals surface area (Å²) in [5.74, 6) is 1.19. The van der Waals surface area contributed by atoms with Crippen molar-refractivity contribution in [2.45, 2.75) is 58.4 Å². The number of benzene rings is 2. The third-order valence-corrected chi connectivity index (χ3v) is 6.01. The van der Waals surface area contributed by atoms with E-state index >= 15 is 0 Å². The Hall–Kier alpha value is -2.33. The summed E-state index contributed by atoms with van der Waals surface area (Å²) in [6.45, 7) is 9.39.